The van der Waals surface area contributed by atoms with Crippen LogP contribution in [-0.2, 0) is 6.42 Å². The zero-order valence-corrected chi connectivity index (χ0v) is 12.5. The molecule has 0 bridgehead atoms. The van der Waals surface area contributed by atoms with Gasteiger partial charge in [-0.15, -0.1) is 0 Å². The number of hydrogen-bond donors (Lipinski definition) is 0. The van der Waals surface area contributed by atoms with Crippen molar-refractivity contribution < 1.29 is 4.74 Å². The highest BCUT2D eigenvalue weighted by Crippen LogP contribution is 2.22. The minimum Gasteiger partial charge on any atom is -0.457 e. The molecule has 0 spiro atoms. The van der Waals surface area contributed by atoms with Crippen molar-refractivity contribution in [3.8, 4) is 17.6 Å². The number of hydrogen-bond acceptors (Lipinski definition) is 2. The van der Waals surface area contributed by atoms with Gasteiger partial charge in [0, 0.05) is 0 Å². The first-order valence-electron chi connectivity index (χ1n) is 7.59. The third-order valence-corrected chi connectivity index (χ3v) is 3.46. The van der Waals surface area contributed by atoms with Crippen molar-refractivity contribution in [1.29, 1.82) is 5.26 Å². The zero-order valence-electron chi connectivity index (χ0n) is 12.5. The molecule has 0 unspecified atom stereocenters. The second kappa shape index (κ2) is 8.11. The summed E-state index contributed by atoms with van der Waals surface area (Å²) < 4.78 is 5.77. The lowest BCUT2D eigenvalue weighted by atomic mass is 10.1. The first-order chi connectivity index (χ1) is 10.3. The van der Waals surface area contributed by atoms with Crippen molar-refractivity contribution in [3.63, 3.8) is 0 Å². The third kappa shape index (κ3) is 4.96. The predicted octanol–water partition coefficient (Wildman–Crippen LogP) is 5.47. The summed E-state index contributed by atoms with van der Waals surface area (Å²) in [5, 5.41) is 8.76. The van der Waals surface area contributed by atoms with Crippen molar-refractivity contribution in [2.24, 2.45) is 0 Å². The van der Waals surface area contributed by atoms with Crippen molar-refractivity contribution >= 4 is 0 Å². The number of nitriles is 1. The van der Waals surface area contributed by atoms with Crippen LogP contribution in [0.2, 0.25) is 0 Å². The Labute approximate surface area is 127 Å². The van der Waals surface area contributed by atoms with Gasteiger partial charge in [0.2, 0.25) is 0 Å². The maximum absolute atomic E-state index is 8.76. The number of aryl methyl sites for hydroxylation is 1. The SMILES string of the molecule is CCCCCCc1ccc(Oc2ccc(C#N)cc2)cc1. The van der Waals surface area contributed by atoms with Gasteiger partial charge >= 0.3 is 0 Å². The van der Waals surface area contributed by atoms with Gasteiger partial charge in [-0.2, -0.15) is 5.26 Å². The minimum atomic E-state index is 0.643. The van der Waals surface area contributed by atoms with E-state index in [0.717, 1.165) is 17.9 Å². The van der Waals surface area contributed by atoms with Crippen LogP contribution in [0.4, 0.5) is 0 Å². The summed E-state index contributed by atoms with van der Waals surface area (Å²) in [6, 6.07) is 17.5. The van der Waals surface area contributed by atoms with Gasteiger partial charge < -0.3 is 4.74 Å². The predicted molar refractivity (Wildman–Crippen MR) is 85.5 cm³/mol. The van der Waals surface area contributed by atoms with Gasteiger partial charge in [0.05, 0.1) is 11.6 Å². The molecule has 0 N–H and O–H groups in total. The molecule has 0 aliphatic rings. The van der Waals surface area contributed by atoms with Crippen LogP contribution in [0, 0.1) is 11.3 Å². The van der Waals surface area contributed by atoms with Crippen LogP contribution in [-0.4, -0.2) is 0 Å². The Kier molecular flexibility index (Phi) is 5.84. The summed E-state index contributed by atoms with van der Waals surface area (Å²) >= 11 is 0. The lowest BCUT2D eigenvalue weighted by Gasteiger charge is -2.07. The molecule has 2 aromatic carbocycles. The van der Waals surface area contributed by atoms with Gasteiger partial charge in [-0.25, -0.2) is 0 Å². The molecule has 2 aromatic rings. The van der Waals surface area contributed by atoms with E-state index >= 15 is 0 Å². The van der Waals surface area contributed by atoms with Gasteiger partial charge in [0.1, 0.15) is 11.5 Å². The molecule has 0 atom stereocenters. The molecule has 0 aromatic heterocycles. The van der Waals surface area contributed by atoms with E-state index in [0.29, 0.717) is 5.56 Å². The van der Waals surface area contributed by atoms with Crippen molar-refractivity contribution in [3.05, 3.63) is 59.7 Å². The summed E-state index contributed by atoms with van der Waals surface area (Å²) in [6.45, 7) is 2.23. The van der Waals surface area contributed by atoms with Crippen LogP contribution < -0.4 is 4.74 Å². The van der Waals surface area contributed by atoms with Crippen molar-refractivity contribution in [2.45, 2.75) is 39.0 Å². The lowest BCUT2D eigenvalue weighted by Crippen LogP contribution is -1.88. The van der Waals surface area contributed by atoms with E-state index in [1.54, 1.807) is 12.1 Å². The van der Waals surface area contributed by atoms with Crippen LogP contribution in [0.15, 0.2) is 48.5 Å². The van der Waals surface area contributed by atoms with Crippen molar-refractivity contribution in [1.82, 2.24) is 0 Å². The fourth-order valence-corrected chi connectivity index (χ4v) is 2.21. The monoisotopic (exact) mass is 279 g/mol. The van der Waals surface area contributed by atoms with Gasteiger partial charge in [-0.05, 0) is 54.8 Å². The number of unbranched alkanes of at least 4 members (excludes halogenated alkanes) is 3. The van der Waals surface area contributed by atoms with Gasteiger partial charge in [0.15, 0.2) is 0 Å². The summed E-state index contributed by atoms with van der Waals surface area (Å²) in [7, 11) is 0. The molecule has 21 heavy (non-hydrogen) atoms. The smallest absolute Gasteiger partial charge is 0.127 e. The molecule has 2 rings (SSSR count). The summed E-state index contributed by atoms with van der Waals surface area (Å²) in [5.74, 6) is 1.58. The Hall–Kier alpha value is -2.27. The highest BCUT2D eigenvalue weighted by atomic mass is 16.5. The Balaban J connectivity index is 1.88. The topological polar surface area (TPSA) is 33.0 Å². The fourth-order valence-electron chi connectivity index (χ4n) is 2.21. The van der Waals surface area contributed by atoms with Crippen LogP contribution in [0.3, 0.4) is 0 Å². The fraction of sp³-hybridized carbons (Fsp3) is 0.316. The van der Waals surface area contributed by atoms with Crippen molar-refractivity contribution in [2.75, 3.05) is 0 Å². The number of rotatable bonds is 7. The average Bonchev–Trinajstić information content (AvgIpc) is 2.54. The van der Waals surface area contributed by atoms with E-state index in [4.69, 9.17) is 10.00 Å². The molecule has 2 heteroatoms. The molecule has 0 heterocycles. The molecule has 0 aliphatic heterocycles. The lowest BCUT2D eigenvalue weighted by molar-refractivity contribution is 0.482. The number of benzene rings is 2. The molecule has 0 amide bonds. The van der Waals surface area contributed by atoms with Crippen LogP contribution in [0.5, 0.6) is 11.5 Å². The summed E-state index contributed by atoms with van der Waals surface area (Å²) in [4.78, 5) is 0. The summed E-state index contributed by atoms with van der Waals surface area (Å²) in [6.07, 6.45) is 6.29. The van der Waals surface area contributed by atoms with Crippen LogP contribution >= 0.6 is 0 Å². The van der Waals surface area contributed by atoms with Gasteiger partial charge in [-0.3, -0.25) is 0 Å². The normalized spacial score (nSPS) is 10.1. The van der Waals surface area contributed by atoms with E-state index in [-0.39, 0.29) is 0 Å². The molecular formula is C19H21NO. The highest BCUT2D eigenvalue weighted by molar-refractivity contribution is 5.37. The Morgan fingerprint density at radius 3 is 2.05 bits per heavy atom. The van der Waals surface area contributed by atoms with E-state index in [1.165, 1.54) is 31.2 Å². The van der Waals surface area contributed by atoms with Gasteiger partial charge in [-0.1, -0.05) is 38.3 Å². The highest BCUT2D eigenvalue weighted by Gasteiger charge is 1.99. The van der Waals surface area contributed by atoms with Crippen LogP contribution in [0.1, 0.15) is 43.7 Å². The van der Waals surface area contributed by atoms with E-state index < -0.39 is 0 Å². The summed E-state index contributed by atoms with van der Waals surface area (Å²) in [5.41, 5.74) is 2.00. The maximum atomic E-state index is 8.76. The standard InChI is InChI=1S/C19H21NO/c1-2-3-4-5-6-16-7-11-18(12-8-16)21-19-13-9-17(15-20)10-14-19/h7-14H,2-6H2,1H3. The molecule has 108 valence electrons. The first-order valence-corrected chi connectivity index (χ1v) is 7.59. The number of ether oxygens (including phenoxy) is 1. The average molecular weight is 279 g/mol. The molecule has 0 aliphatic carbocycles. The molecule has 0 saturated heterocycles. The minimum absolute atomic E-state index is 0.643. The molecule has 0 fully saturated rings. The quantitative estimate of drug-likeness (QED) is 0.629. The zero-order chi connectivity index (χ0) is 14.9. The van der Waals surface area contributed by atoms with E-state index in [1.807, 2.05) is 24.3 Å². The Morgan fingerprint density at radius 2 is 1.48 bits per heavy atom. The van der Waals surface area contributed by atoms with Crippen LogP contribution in [0.25, 0.3) is 0 Å². The largest absolute Gasteiger partial charge is 0.457 e. The molecule has 0 saturated carbocycles. The third-order valence-electron chi connectivity index (χ3n) is 3.46. The first kappa shape index (κ1) is 15.1. The second-order valence-electron chi connectivity index (χ2n) is 5.19. The van der Waals surface area contributed by atoms with E-state index in [9.17, 15) is 0 Å². The molecule has 0 radical (unpaired) electrons. The Bertz CT molecular complexity index is 578. The number of nitrogens with zero attached hydrogens (tertiary/aromatic N) is 1. The van der Waals surface area contributed by atoms with Gasteiger partial charge in [0.25, 0.3) is 0 Å². The molecular weight excluding hydrogens is 258 g/mol. The van der Waals surface area contributed by atoms with E-state index in [2.05, 4.69) is 25.1 Å². The Morgan fingerprint density at radius 1 is 0.857 bits per heavy atom. The second-order valence-corrected chi connectivity index (χ2v) is 5.19. The maximum Gasteiger partial charge on any atom is 0.127 e. The molecule has 2 nitrogen and oxygen atoms in total.